The van der Waals surface area contributed by atoms with E-state index in [1.54, 1.807) is 0 Å². The summed E-state index contributed by atoms with van der Waals surface area (Å²) in [6, 6.07) is 4.20. The molecule has 2 N–H and O–H groups in total. The molecule has 1 fully saturated rings. The van der Waals surface area contributed by atoms with Crippen molar-refractivity contribution in [1.82, 2.24) is 14.9 Å². The number of fused-ring (bicyclic) bond motifs is 1. The van der Waals surface area contributed by atoms with E-state index in [1.165, 1.54) is 23.1 Å². The van der Waals surface area contributed by atoms with Crippen LogP contribution in [-0.4, -0.2) is 40.0 Å². The normalized spacial score (nSPS) is 18.8. The first-order valence-electron chi connectivity index (χ1n) is 7.38. The van der Waals surface area contributed by atoms with Gasteiger partial charge in [-0.3, -0.25) is 14.4 Å². The third kappa shape index (κ3) is 3.06. The summed E-state index contributed by atoms with van der Waals surface area (Å²) >= 11 is 0. The largest absolute Gasteiger partial charge is 0.393 e. The molecule has 9 heteroatoms. The van der Waals surface area contributed by atoms with E-state index in [0.717, 1.165) is 0 Å². The summed E-state index contributed by atoms with van der Waals surface area (Å²) in [5.74, 6) is -2.05. The zero-order valence-electron chi connectivity index (χ0n) is 12.4. The SMILES string of the molecule is O=C(c1ccc2[nH]c(=O)c(=O)[nH]c2c1)N1CCCC(C(F)(F)F)C1. The third-order valence-corrected chi connectivity index (χ3v) is 4.14. The Balaban J connectivity index is 1.89. The van der Waals surface area contributed by atoms with E-state index >= 15 is 0 Å². The van der Waals surface area contributed by atoms with Gasteiger partial charge < -0.3 is 14.9 Å². The van der Waals surface area contributed by atoms with Crippen LogP contribution in [0.5, 0.6) is 0 Å². The number of benzene rings is 1. The van der Waals surface area contributed by atoms with Gasteiger partial charge in [0.25, 0.3) is 5.91 Å². The molecule has 128 valence electrons. The molecule has 24 heavy (non-hydrogen) atoms. The fourth-order valence-electron chi connectivity index (χ4n) is 2.86. The molecule has 0 radical (unpaired) electrons. The topological polar surface area (TPSA) is 86.0 Å². The average molecular weight is 341 g/mol. The van der Waals surface area contributed by atoms with E-state index < -0.39 is 29.1 Å². The van der Waals surface area contributed by atoms with Crippen LogP contribution < -0.4 is 11.1 Å². The molecular weight excluding hydrogens is 327 g/mol. The molecule has 1 amide bonds. The molecule has 1 aliphatic rings. The minimum Gasteiger partial charge on any atom is -0.338 e. The predicted octanol–water partition coefficient (Wildman–Crippen LogP) is 1.63. The van der Waals surface area contributed by atoms with Gasteiger partial charge >= 0.3 is 17.3 Å². The molecule has 3 rings (SSSR count). The molecule has 1 atom stereocenters. The van der Waals surface area contributed by atoms with Crippen molar-refractivity contribution in [2.24, 2.45) is 5.92 Å². The van der Waals surface area contributed by atoms with Crippen molar-refractivity contribution in [3.05, 3.63) is 44.5 Å². The number of piperidine rings is 1. The molecule has 6 nitrogen and oxygen atoms in total. The molecule has 1 aromatic heterocycles. The smallest absolute Gasteiger partial charge is 0.338 e. The summed E-state index contributed by atoms with van der Waals surface area (Å²) in [6.45, 7) is -0.117. The van der Waals surface area contributed by atoms with Gasteiger partial charge in [0, 0.05) is 18.7 Å². The van der Waals surface area contributed by atoms with Crippen molar-refractivity contribution < 1.29 is 18.0 Å². The Morgan fingerprint density at radius 3 is 2.46 bits per heavy atom. The first-order valence-corrected chi connectivity index (χ1v) is 7.38. The van der Waals surface area contributed by atoms with Crippen molar-refractivity contribution >= 4 is 16.9 Å². The number of H-pyrrole nitrogens is 2. The summed E-state index contributed by atoms with van der Waals surface area (Å²) in [5.41, 5.74) is -0.932. The maximum absolute atomic E-state index is 12.9. The van der Waals surface area contributed by atoms with Gasteiger partial charge in [0.1, 0.15) is 0 Å². The highest BCUT2D eigenvalue weighted by atomic mass is 19.4. The summed E-state index contributed by atoms with van der Waals surface area (Å²) in [7, 11) is 0. The number of aromatic amines is 2. The number of carbonyl (C=O) groups excluding carboxylic acids is 1. The second kappa shape index (κ2) is 5.81. The second-order valence-corrected chi connectivity index (χ2v) is 5.80. The summed E-state index contributed by atoms with van der Waals surface area (Å²) in [6.07, 6.45) is -4.03. The molecule has 1 aliphatic heterocycles. The predicted molar refractivity (Wildman–Crippen MR) is 79.9 cm³/mol. The fourth-order valence-corrected chi connectivity index (χ4v) is 2.86. The summed E-state index contributed by atoms with van der Waals surface area (Å²) < 4.78 is 38.6. The van der Waals surface area contributed by atoms with E-state index in [4.69, 9.17) is 0 Å². The lowest BCUT2D eigenvalue weighted by Gasteiger charge is -2.33. The van der Waals surface area contributed by atoms with Crippen molar-refractivity contribution in [3.8, 4) is 0 Å². The Bertz CT molecular complexity index is 900. The standard InChI is InChI=1S/C15H14F3N3O3/c16-15(17,18)9-2-1-5-21(7-9)14(24)8-3-4-10-11(6-8)20-13(23)12(22)19-10/h3-4,6,9H,1-2,5,7H2,(H,19,22)(H,20,23). The molecule has 0 saturated carbocycles. The maximum Gasteiger partial charge on any atom is 0.393 e. The van der Waals surface area contributed by atoms with Crippen LogP contribution in [0.25, 0.3) is 11.0 Å². The van der Waals surface area contributed by atoms with E-state index in [9.17, 15) is 27.6 Å². The van der Waals surface area contributed by atoms with Crippen LogP contribution in [0.2, 0.25) is 0 Å². The molecule has 0 spiro atoms. The Hall–Kier alpha value is -2.58. The number of aromatic nitrogens is 2. The Morgan fingerprint density at radius 1 is 1.12 bits per heavy atom. The van der Waals surface area contributed by atoms with Gasteiger partial charge in [0.05, 0.1) is 17.0 Å². The number of likely N-dealkylation sites (tertiary alicyclic amines) is 1. The van der Waals surface area contributed by atoms with Gasteiger partial charge in [-0.05, 0) is 31.0 Å². The van der Waals surface area contributed by atoms with Crippen LogP contribution in [0.1, 0.15) is 23.2 Å². The number of nitrogens with zero attached hydrogens (tertiary/aromatic N) is 1. The Labute approximate surface area is 133 Å². The zero-order chi connectivity index (χ0) is 17.5. The second-order valence-electron chi connectivity index (χ2n) is 5.80. The van der Waals surface area contributed by atoms with Gasteiger partial charge in [-0.25, -0.2) is 0 Å². The van der Waals surface area contributed by atoms with Gasteiger partial charge in [0.2, 0.25) is 0 Å². The number of nitrogens with one attached hydrogen (secondary N) is 2. The lowest BCUT2D eigenvalue weighted by Crippen LogP contribution is -2.44. The molecule has 0 bridgehead atoms. The lowest BCUT2D eigenvalue weighted by molar-refractivity contribution is -0.184. The molecule has 2 aromatic rings. The monoisotopic (exact) mass is 341 g/mol. The minimum absolute atomic E-state index is 0.0134. The lowest BCUT2D eigenvalue weighted by atomic mass is 9.97. The Morgan fingerprint density at radius 2 is 1.79 bits per heavy atom. The van der Waals surface area contributed by atoms with Crippen LogP contribution in [0.4, 0.5) is 13.2 Å². The van der Waals surface area contributed by atoms with Gasteiger partial charge in [-0.1, -0.05) is 0 Å². The highest BCUT2D eigenvalue weighted by Crippen LogP contribution is 2.33. The first kappa shape index (κ1) is 16.3. The Kier molecular flexibility index (Phi) is 3.94. The van der Waals surface area contributed by atoms with Crippen molar-refractivity contribution in [2.45, 2.75) is 19.0 Å². The van der Waals surface area contributed by atoms with Crippen molar-refractivity contribution in [2.75, 3.05) is 13.1 Å². The fraction of sp³-hybridized carbons (Fsp3) is 0.400. The van der Waals surface area contributed by atoms with Crippen LogP contribution >= 0.6 is 0 Å². The van der Waals surface area contributed by atoms with Gasteiger partial charge in [0.15, 0.2) is 0 Å². The third-order valence-electron chi connectivity index (χ3n) is 4.14. The molecule has 2 heterocycles. The number of hydrogen-bond acceptors (Lipinski definition) is 3. The van der Waals surface area contributed by atoms with Crippen LogP contribution in [0.3, 0.4) is 0 Å². The molecule has 1 aromatic carbocycles. The quantitative estimate of drug-likeness (QED) is 0.773. The first-order chi connectivity index (χ1) is 11.3. The van der Waals surface area contributed by atoms with Crippen LogP contribution in [-0.2, 0) is 0 Å². The van der Waals surface area contributed by atoms with E-state index in [2.05, 4.69) is 9.97 Å². The van der Waals surface area contributed by atoms with Crippen LogP contribution in [0.15, 0.2) is 27.8 Å². The molecule has 1 unspecified atom stereocenters. The van der Waals surface area contributed by atoms with E-state index in [-0.39, 0.29) is 37.0 Å². The number of halogens is 3. The highest BCUT2D eigenvalue weighted by Gasteiger charge is 2.42. The zero-order valence-corrected chi connectivity index (χ0v) is 12.4. The average Bonchev–Trinajstić information content (AvgIpc) is 2.54. The number of amides is 1. The molecule has 0 aliphatic carbocycles. The maximum atomic E-state index is 12.9. The van der Waals surface area contributed by atoms with Gasteiger partial charge in [-0.2, -0.15) is 13.2 Å². The van der Waals surface area contributed by atoms with Gasteiger partial charge in [-0.15, -0.1) is 0 Å². The van der Waals surface area contributed by atoms with Crippen LogP contribution in [0, 0.1) is 5.92 Å². The van der Waals surface area contributed by atoms with E-state index in [1.807, 2.05) is 0 Å². The molecule has 1 saturated heterocycles. The number of hydrogen-bond donors (Lipinski definition) is 2. The number of rotatable bonds is 1. The summed E-state index contributed by atoms with van der Waals surface area (Å²) in [5, 5.41) is 0. The van der Waals surface area contributed by atoms with Crippen molar-refractivity contribution in [1.29, 1.82) is 0 Å². The molecular formula is C15H14F3N3O3. The summed E-state index contributed by atoms with van der Waals surface area (Å²) in [4.78, 5) is 40.9. The van der Waals surface area contributed by atoms with Crippen molar-refractivity contribution in [3.63, 3.8) is 0 Å². The minimum atomic E-state index is -4.33. The number of alkyl halides is 3. The highest BCUT2D eigenvalue weighted by molar-refractivity contribution is 5.97. The number of carbonyl (C=O) groups is 1. The van der Waals surface area contributed by atoms with E-state index in [0.29, 0.717) is 5.52 Å².